The van der Waals surface area contributed by atoms with Gasteiger partial charge in [-0.2, -0.15) is 0 Å². The van der Waals surface area contributed by atoms with E-state index in [1.54, 1.807) is 12.3 Å². The van der Waals surface area contributed by atoms with Gasteiger partial charge >= 0.3 is 0 Å². The molecule has 1 aromatic carbocycles. The first-order valence-corrected chi connectivity index (χ1v) is 6.11. The lowest BCUT2D eigenvalue weighted by molar-refractivity contribution is 0.102. The fraction of sp³-hybridized carbons (Fsp3) is 0.214. The Hall–Kier alpha value is -2.07. The third kappa shape index (κ3) is 2.02. The van der Waals surface area contributed by atoms with Crippen molar-refractivity contribution >= 4 is 11.6 Å². The number of hydrogen-bond donors (Lipinski definition) is 3. The molecule has 2 aromatic rings. The molecule has 0 saturated carbocycles. The van der Waals surface area contributed by atoms with E-state index in [0.717, 1.165) is 25.2 Å². The highest BCUT2D eigenvalue weighted by Crippen LogP contribution is 2.23. The summed E-state index contributed by atoms with van der Waals surface area (Å²) in [6.07, 6.45) is 2.76. The quantitative estimate of drug-likeness (QED) is 0.752. The van der Waals surface area contributed by atoms with Gasteiger partial charge in [-0.1, -0.05) is 12.1 Å². The summed E-state index contributed by atoms with van der Waals surface area (Å²) in [7, 11) is 0. The fourth-order valence-corrected chi connectivity index (χ4v) is 2.29. The maximum absolute atomic E-state index is 12.0. The van der Waals surface area contributed by atoms with Crippen molar-refractivity contribution in [3.63, 3.8) is 0 Å². The molecule has 0 radical (unpaired) electrons. The molecular weight excluding hydrogens is 226 g/mol. The molecule has 0 atom stereocenters. The second kappa shape index (κ2) is 4.66. The second-order valence-corrected chi connectivity index (χ2v) is 4.41. The summed E-state index contributed by atoms with van der Waals surface area (Å²) in [5.41, 5.74) is 4.00. The minimum absolute atomic E-state index is 0.0982. The number of aromatic amines is 1. The predicted molar refractivity (Wildman–Crippen MR) is 70.6 cm³/mol. The van der Waals surface area contributed by atoms with Gasteiger partial charge in [0.2, 0.25) is 0 Å². The molecule has 0 fully saturated rings. The number of nitrogens with one attached hydrogen (secondary N) is 3. The van der Waals surface area contributed by atoms with Crippen molar-refractivity contribution < 1.29 is 4.79 Å². The van der Waals surface area contributed by atoms with E-state index in [2.05, 4.69) is 21.7 Å². The minimum Gasteiger partial charge on any atom is -0.357 e. The molecule has 0 unspecified atom stereocenters. The lowest BCUT2D eigenvalue weighted by Gasteiger charge is -2.20. The van der Waals surface area contributed by atoms with Crippen LogP contribution in [0.3, 0.4) is 0 Å². The number of fused-ring (bicyclic) bond motifs is 1. The molecule has 1 aliphatic rings. The number of rotatable bonds is 2. The van der Waals surface area contributed by atoms with Crippen molar-refractivity contribution in [3.8, 4) is 0 Å². The third-order valence-corrected chi connectivity index (χ3v) is 3.24. The largest absolute Gasteiger partial charge is 0.357 e. The molecule has 92 valence electrons. The number of H-pyrrole nitrogens is 1. The highest BCUT2D eigenvalue weighted by Gasteiger charge is 2.14. The standard InChI is InChI=1S/C14H15N3O/c18-14(13-5-2-7-16-13)17-12-4-1-3-10-6-8-15-9-11(10)12/h1-5,7,15-16H,6,8-9H2,(H,17,18). The molecule has 1 aliphatic heterocycles. The average molecular weight is 241 g/mol. The van der Waals surface area contributed by atoms with Crippen LogP contribution in [0.25, 0.3) is 0 Å². The predicted octanol–water partition coefficient (Wildman–Crippen LogP) is 1.91. The lowest BCUT2D eigenvalue weighted by Crippen LogP contribution is -2.25. The van der Waals surface area contributed by atoms with E-state index in [1.807, 2.05) is 18.2 Å². The highest BCUT2D eigenvalue weighted by molar-refractivity contribution is 6.03. The van der Waals surface area contributed by atoms with Gasteiger partial charge in [0.1, 0.15) is 5.69 Å². The van der Waals surface area contributed by atoms with Crippen molar-refractivity contribution in [3.05, 3.63) is 53.3 Å². The first-order valence-electron chi connectivity index (χ1n) is 6.11. The van der Waals surface area contributed by atoms with Crippen molar-refractivity contribution in [2.45, 2.75) is 13.0 Å². The minimum atomic E-state index is -0.0982. The molecule has 3 rings (SSSR count). The summed E-state index contributed by atoms with van der Waals surface area (Å²) in [4.78, 5) is 14.9. The van der Waals surface area contributed by atoms with Crippen molar-refractivity contribution in [1.82, 2.24) is 10.3 Å². The van der Waals surface area contributed by atoms with Crippen LogP contribution >= 0.6 is 0 Å². The van der Waals surface area contributed by atoms with Gasteiger partial charge in [0.25, 0.3) is 5.91 Å². The average Bonchev–Trinajstić information content (AvgIpc) is 2.93. The number of amides is 1. The molecular formula is C14H15N3O. The smallest absolute Gasteiger partial charge is 0.272 e. The second-order valence-electron chi connectivity index (χ2n) is 4.41. The van der Waals surface area contributed by atoms with Gasteiger partial charge in [0, 0.05) is 18.4 Å². The maximum atomic E-state index is 12.0. The Morgan fingerprint density at radius 3 is 3.00 bits per heavy atom. The lowest BCUT2D eigenvalue weighted by atomic mass is 9.99. The van der Waals surface area contributed by atoms with E-state index in [-0.39, 0.29) is 5.91 Å². The number of carbonyl (C=O) groups excluding carboxylic acids is 1. The van der Waals surface area contributed by atoms with Crippen LogP contribution in [0, 0.1) is 0 Å². The van der Waals surface area contributed by atoms with Gasteiger partial charge in [0.05, 0.1) is 0 Å². The van der Waals surface area contributed by atoms with Crippen LogP contribution in [0.2, 0.25) is 0 Å². The van der Waals surface area contributed by atoms with Crippen molar-refractivity contribution in [1.29, 1.82) is 0 Å². The van der Waals surface area contributed by atoms with E-state index in [0.29, 0.717) is 5.69 Å². The van der Waals surface area contributed by atoms with Crippen molar-refractivity contribution in [2.24, 2.45) is 0 Å². The summed E-state index contributed by atoms with van der Waals surface area (Å²) in [5.74, 6) is -0.0982. The van der Waals surface area contributed by atoms with E-state index >= 15 is 0 Å². The highest BCUT2D eigenvalue weighted by atomic mass is 16.1. The molecule has 0 aliphatic carbocycles. The zero-order valence-electron chi connectivity index (χ0n) is 9.99. The Labute approximate surface area is 105 Å². The van der Waals surface area contributed by atoms with Crippen LogP contribution in [-0.2, 0) is 13.0 Å². The van der Waals surface area contributed by atoms with Crippen LogP contribution in [0.4, 0.5) is 5.69 Å². The number of benzene rings is 1. The Bertz CT molecular complexity index is 560. The maximum Gasteiger partial charge on any atom is 0.272 e. The molecule has 0 bridgehead atoms. The number of carbonyl (C=O) groups is 1. The summed E-state index contributed by atoms with van der Waals surface area (Å²) in [5, 5.41) is 6.29. The molecule has 18 heavy (non-hydrogen) atoms. The van der Waals surface area contributed by atoms with Crippen LogP contribution in [0.1, 0.15) is 21.6 Å². The molecule has 0 spiro atoms. The van der Waals surface area contributed by atoms with Gasteiger partial charge in [-0.05, 0) is 42.3 Å². The molecule has 2 heterocycles. The zero-order chi connectivity index (χ0) is 12.4. The Balaban J connectivity index is 1.87. The first kappa shape index (κ1) is 11.0. The summed E-state index contributed by atoms with van der Waals surface area (Å²) >= 11 is 0. The number of hydrogen-bond acceptors (Lipinski definition) is 2. The van der Waals surface area contributed by atoms with Gasteiger partial charge in [-0.15, -0.1) is 0 Å². The summed E-state index contributed by atoms with van der Waals surface area (Å²) < 4.78 is 0. The van der Waals surface area contributed by atoms with Gasteiger partial charge in [-0.3, -0.25) is 4.79 Å². The van der Waals surface area contributed by atoms with Gasteiger partial charge in [-0.25, -0.2) is 0 Å². The normalized spacial score (nSPS) is 14.0. The molecule has 1 amide bonds. The number of anilines is 1. The topological polar surface area (TPSA) is 56.9 Å². The summed E-state index contributed by atoms with van der Waals surface area (Å²) in [6.45, 7) is 1.82. The number of aromatic nitrogens is 1. The molecule has 3 N–H and O–H groups in total. The molecule has 4 heteroatoms. The third-order valence-electron chi connectivity index (χ3n) is 3.24. The van der Waals surface area contributed by atoms with Crippen LogP contribution in [-0.4, -0.2) is 17.4 Å². The zero-order valence-corrected chi connectivity index (χ0v) is 9.99. The first-order chi connectivity index (χ1) is 8.84. The van der Waals surface area contributed by atoms with E-state index < -0.39 is 0 Å². The van der Waals surface area contributed by atoms with Crippen LogP contribution in [0.5, 0.6) is 0 Å². The van der Waals surface area contributed by atoms with Gasteiger partial charge < -0.3 is 15.6 Å². The van der Waals surface area contributed by atoms with Gasteiger partial charge in [0.15, 0.2) is 0 Å². The molecule has 4 nitrogen and oxygen atoms in total. The molecule has 1 aromatic heterocycles. The van der Waals surface area contributed by atoms with Crippen LogP contribution < -0.4 is 10.6 Å². The molecule has 0 saturated heterocycles. The summed E-state index contributed by atoms with van der Waals surface area (Å²) in [6, 6.07) is 9.65. The monoisotopic (exact) mass is 241 g/mol. The Morgan fingerprint density at radius 1 is 1.22 bits per heavy atom. The Morgan fingerprint density at radius 2 is 2.17 bits per heavy atom. The SMILES string of the molecule is O=C(Nc1cccc2c1CNCC2)c1ccc[nH]1. The van der Waals surface area contributed by atoms with E-state index in [1.165, 1.54) is 11.1 Å². The van der Waals surface area contributed by atoms with Crippen LogP contribution in [0.15, 0.2) is 36.5 Å². The van der Waals surface area contributed by atoms with E-state index in [4.69, 9.17) is 0 Å². The Kier molecular flexibility index (Phi) is 2.86. The van der Waals surface area contributed by atoms with Crippen molar-refractivity contribution in [2.75, 3.05) is 11.9 Å². The fourth-order valence-electron chi connectivity index (χ4n) is 2.29. The van der Waals surface area contributed by atoms with E-state index in [9.17, 15) is 4.79 Å².